The Morgan fingerprint density at radius 1 is 1.00 bits per heavy atom. The summed E-state index contributed by atoms with van der Waals surface area (Å²) >= 11 is 0. The van der Waals surface area contributed by atoms with E-state index in [0.717, 1.165) is 76.6 Å². The van der Waals surface area contributed by atoms with Crippen LogP contribution >= 0.6 is 0 Å². The van der Waals surface area contributed by atoms with Crippen molar-refractivity contribution in [3.63, 3.8) is 0 Å². The molecule has 0 radical (unpaired) electrons. The summed E-state index contributed by atoms with van der Waals surface area (Å²) in [6.07, 6.45) is 9.16. The lowest BCUT2D eigenvalue weighted by Gasteiger charge is -2.39. The Kier molecular flexibility index (Phi) is 8.83. The Bertz CT molecular complexity index is 1670. The van der Waals surface area contributed by atoms with Crippen molar-refractivity contribution < 1.29 is 23.5 Å². The molecule has 1 aromatic heterocycles. The van der Waals surface area contributed by atoms with E-state index in [1.54, 1.807) is 23.1 Å². The number of benzene rings is 2. The molecule has 4 aliphatic rings. The lowest BCUT2D eigenvalue weighted by Crippen LogP contribution is -2.49. The number of piperidine rings is 1. The quantitative estimate of drug-likeness (QED) is 0.359. The van der Waals surface area contributed by atoms with Crippen LogP contribution in [0.15, 0.2) is 47.4 Å². The van der Waals surface area contributed by atoms with E-state index in [4.69, 9.17) is 9.47 Å². The maximum atomic E-state index is 15.6. The van der Waals surface area contributed by atoms with Crippen LogP contribution in [0.5, 0.6) is 11.5 Å². The first-order chi connectivity index (χ1) is 22.3. The number of halogens is 1. The zero-order valence-corrected chi connectivity index (χ0v) is 26.5. The Balaban J connectivity index is 1.12. The molecule has 1 aliphatic carbocycles. The van der Waals surface area contributed by atoms with Crippen LogP contribution in [0.2, 0.25) is 0 Å². The highest BCUT2D eigenvalue weighted by atomic mass is 19.1. The van der Waals surface area contributed by atoms with Gasteiger partial charge in [0.25, 0.3) is 11.5 Å². The first kappa shape index (κ1) is 30.9. The van der Waals surface area contributed by atoms with Gasteiger partial charge in [0.15, 0.2) is 0 Å². The molecule has 3 aromatic rings. The lowest BCUT2D eigenvalue weighted by atomic mass is 9.92. The number of aromatic nitrogens is 1. The molecule has 1 saturated carbocycles. The molecule has 244 valence electrons. The van der Waals surface area contributed by atoms with E-state index in [-0.39, 0.29) is 41.6 Å². The molecule has 46 heavy (non-hydrogen) atoms. The van der Waals surface area contributed by atoms with Gasteiger partial charge in [-0.15, -0.1) is 0 Å². The van der Waals surface area contributed by atoms with Gasteiger partial charge in [0.05, 0.1) is 5.56 Å². The number of hydrogen-bond donors (Lipinski definition) is 1. The van der Waals surface area contributed by atoms with Crippen LogP contribution in [0.25, 0.3) is 10.8 Å². The molecule has 0 spiro atoms. The van der Waals surface area contributed by atoms with Crippen LogP contribution in [-0.2, 0) is 16.1 Å². The Hall–Kier alpha value is -3.76. The molecule has 7 rings (SSSR count). The van der Waals surface area contributed by atoms with Crippen molar-refractivity contribution in [2.24, 2.45) is 5.92 Å². The summed E-state index contributed by atoms with van der Waals surface area (Å²) < 4.78 is 29.3. The number of likely N-dealkylation sites (tertiary alicyclic amines) is 2. The SMILES string of the molecule is C[C@H]1CC(=O)N(Cc2cc(F)c(C(=O)NC3CCN(C4CCOCC4)CC3)cc2Oc2ccc3c(=O)n(C4CCC4)ccc3c2)C1. The molecule has 1 N–H and O–H groups in total. The number of nitrogens with zero attached hydrogens (tertiary/aromatic N) is 3. The first-order valence-electron chi connectivity index (χ1n) is 16.9. The van der Waals surface area contributed by atoms with Crippen molar-refractivity contribution in [2.45, 2.75) is 83.0 Å². The van der Waals surface area contributed by atoms with Crippen molar-refractivity contribution in [2.75, 3.05) is 32.8 Å². The smallest absolute Gasteiger partial charge is 0.258 e. The van der Waals surface area contributed by atoms with E-state index >= 15 is 4.39 Å². The fourth-order valence-corrected chi connectivity index (χ4v) is 7.42. The Labute approximate surface area is 268 Å². The van der Waals surface area contributed by atoms with Crippen LogP contribution in [0.4, 0.5) is 4.39 Å². The van der Waals surface area contributed by atoms with Crippen LogP contribution in [0, 0.1) is 11.7 Å². The summed E-state index contributed by atoms with van der Waals surface area (Å²) in [5.41, 5.74) is 0.383. The van der Waals surface area contributed by atoms with E-state index in [2.05, 4.69) is 10.2 Å². The standard InChI is InChI=1S/C36H43FN4O5/c1-23-17-34(42)40(21-23)22-25-19-32(37)31(35(43)38-26-8-12-39(13-9-26)27-10-15-45-16-11-27)20-33(25)46-29-5-6-30-24(18-29)7-14-41(36(30)44)28-3-2-4-28/h5-7,14,18-20,23,26-28H,2-4,8-13,15-17,21-22H2,1H3,(H,38,43)/t23-/m0/s1. The highest BCUT2D eigenvalue weighted by Gasteiger charge is 2.30. The summed E-state index contributed by atoms with van der Waals surface area (Å²) in [6.45, 7) is 6.16. The van der Waals surface area contributed by atoms with Gasteiger partial charge in [-0.2, -0.15) is 0 Å². The van der Waals surface area contributed by atoms with Crippen molar-refractivity contribution in [1.82, 2.24) is 19.7 Å². The third kappa shape index (κ3) is 6.42. The fourth-order valence-electron chi connectivity index (χ4n) is 7.42. The number of rotatable bonds is 8. The maximum absolute atomic E-state index is 15.6. The molecule has 2 aromatic carbocycles. The Morgan fingerprint density at radius 3 is 2.48 bits per heavy atom. The van der Waals surface area contributed by atoms with Gasteiger partial charge < -0.3 is 29.2 Å². The molecule has 1 atom stereocenters. The highest BCUT2D eigenvalue weighted by molar-refractivity contribution is 5.95. The topological polar surface area (TPSA) is 93.1 Å². The van der Waals surface area contributed by atoms with Crippen LogP contribution in [-0.4, -0.2) is 71.1 Å². The van der Waals surface area contributed by atoms with Gasteiger partial charge in [0.1, 0.15) is 17.3 Å². The average Bonchev–Trinajstić information content (AvgIpc) is 3.35. The minimum Gasteiger partial charge on any atom is -0.457 e. The predicted molar refractivity (Wildman–Crippen MR) is 173 cm³/mol. The average molecular weight is 631 g/mol. The molecule has 3 saturated heterocycles. The molecule has 10 heteroatoms. The number of ether oxygens (including phenoxy) is 2. The molecule has 3 aliphatic heterocycles. The van der Waals surface area contributed by atoms with Crippen LogP contribution in [0.1, 0.15) is 80.3 Å². The van der Waals surface area contributed by atoms with Crippen molar-refractivity contribution >= 4 is 22.6 Å². The van der Waals surface area contributed by atoms with E-state index in [1.165, 1.54) is 12.1 Å². The summed E-state index contributed by atoms with van der Waals surface area (Å²) in [4.78, 5) is 43.4. The monoisotopic (exact) mass is 630 g/mol. The van der Waals surface area contributed by atoms with E-state index in [1.807, 2.05) is 23.8 Å². The highest BCUT2D eigenvalue weighted by Crippen LogP contribution is 2.34. The molecular weight excluding hydrogens is 587 g/mol. The molecule has 4 heterocycles. The molecule has 0 bridgehead atoms. The fraction of sp³-hybridized carbons (Fsp3) is 0.528. The number of hydrogen-bond acceptors (Lipinski definition) is 6. The molecule has 4 fully saturated rings. The third-order valence-corrected chi connectivity index (χ3v) is 10.3. The zero-order chi connectivity index (χ0) is 31.8. The summed E-state index contributed by atoms with van der Waals surface area (Å²) in [6, 6.07) is 10.7. The molecular formula is C36H43FN4O5. The van der Waals surface area contributed by atoms with E-state index < -0.39 is 11.7 Å². The number of amides is 2. The molecule has 9 nitrogen and oxygen atoms in total. The molecule has 0 unspecified atom stereocenters. The summed E-state index contributed by atoms with van der Waals surface area (Å²) in [7, 11) is 0. The van der Waals surface area contributed by atoms with Gasteiger partial charge in [-0.25, -0.2) is 4.39 Å². The van der Waals surface area contributed by atoms with Gasteiger partial charge in [-0.3, -0.25) is 14.4 Å². The van der Waals surface area contributed by atoms with Crippen molar-refractivity contribution in [1.29, 1.82) is 0 Å². The number of carbonyl (C=O) groups is 2. The van der Waals surface area contributed by atoms with Crippen LogP contribution in [0.3, 0.4) is 0 Å². The minimum atomic E-state index is -0.644. The number of fused-ring (bicyclic) bond motifs is 1. The van der Waals surface area contributed by atoms with Crippen molar-refractivity contribution in [3.8, 4) is 11.5 Å². The zero-order valence-electron chi connectivity index (χ0n) is 26.5. The van der Waals surface area contributed by atoms with E-state index in [9.17, 15) is 14.4 Å². The van der Waals surface area contributed by atoms with Gasteiger partial charge in [-0.05, 0) is 92.6 Å². The number of nitrogens with one attached hydrogen (secondary N) is 1. The van der Waals surface area contributed by atoms with Crippen molar-refractivity contribution in [3.05, 3.63) is 69.9 Å². The van der Waals surface area contributed by atoms with Gasteiger partial charge in [-0.1, -0.05) is 6.92 Å². The number of pyridine rings is 1. The summed E-state index contributed by atoms with van der Waals surface area (Å²) in [5, 5.41) is 4.42. The third-order valence-electron chi connectivity index (χ3n) is 10.3. The second-order valence-corrected chi connectivity index (χ2v) is 13.6. The predicted octanol–water partition coefficient (Wildman–Crippen LogP) is 5.40. The van der Waals surface area contributed by atoms with E-state index in [0.29, 0.717) is 41.5 Å². The molecule has 2 amide bonds. The normalized spacial score (nSPS) is 21.9. The van der Waals surface area contributed by atoms with Gasteiger partial charge in [0.2, 0.25) is 5.91 Å². The first-order valence-corrected chi connectivity index (χ1v) is 16.9. The largest absolute Gasteiger partial charge is 0.457 e. The van der Waals surface area contributed by atoms with Gasteiger partial charge >= 0.3 is 0 Å². The summed E-state index contributed by atoms with van der Waals surface area (Å²) in [5.74, 6) is -0.103. The maximum Gasteiger partial charge on any atom is 0.258 e. The Morgan fingerprint density at radius 2 is 1.78 bits per heavy atom. The second kappa shape index (κ2) is 13.2. The second-order valence-electron chi connectivity index (χ2n) is 13.6. The number of carbonyl (C=O) groups excluding carboxylic acids is 2. The van der Waals surface area contributed by atoms with Gasteiger partial charge in [0, 0.05) is 81.1 Å². The van der Waals surface area contributed by atoms with Crippen LogP contribution < -0.4 is 15.6 Å². The minimum absolute atomic E-state index is 0.0150. The lowest BCUT2D eigenvalue weighted by molar-refractivity contribution is -0.128.